The van der Waals surface area contributed by atoms with Gasteiger partial charge in [-0.1, -0.05) is 0 Å². The zero-order valence-corrected chi connectivity index (χ0v) is 9.35. The molecule has 1 N–H and O–H groups in total. The fourth-order valence-corrected chi connectivity index (χ4v) is 2.26. The highest BCUT2D eigenvalue weighted by Gasteiger charge is 2.32. The summed E-state index contributed by atoms with van der Waals surface area (Å²) in [7, 11) is 1.89. The van der Waals surface area contributed by atoms with Crippen molar-refractivity contribution in [2.24, 2.45) is 0 Å². The smallest absolute Gasteiger partial charge is 0.236 e. The van der Waals surface area contributed by atoms with Crippen molar-refractivity contribution in [3.63, 3.8) is 0 Å². The molecule has 0 aromatic heterocycles. The van der Waals surface area contributed by atoms with E-state index in [1.165, 1.54) is 0 Å². The summed E-state index contributed by atoms with van der Waals surface area (Å²) in [5.41, 5.74) is 0. The topological polar surface area (TPSA) is 43.8 Å². The van der Waals surface area contributed by atoms with E-state index in [0.29, 0.717) is 12.6 Å². The molecule has 2 rings (SSSR count). The first-order chi connectivity index (χ1) is 7.22. The summed E-state index contributed by atoms with van der Waals surface area (Å²) >= 11 is 0. The highest BCUT2D eigenvalue weighted by Crippen LogP contribution is 2.26. The number of hydrogen-bond acceptors (Lipinski definition) is 3. The first kappa shape index (κ1) is 10.9. The molecule has 1 aliphatic carbocycles. The van der Waals surface area contributed by atoms with E-state index in [-0.39, 0.29) is 18.6 Å². The number of carbonyl (C=O) groups excluding carboxylic acids is 1. The van der Waals surface area contributed by atoms with Gasteiger partial charge in [0, 0.05) is 19.1 Å². The van der Waals surface area contributed by atoms with E-state index in [4.69, 9.17) is 5.11 Å². The van der Waals surface area contributed by atoms with Crippen LogP contribution in [0.25, 0.3) is 0 Å². The number of likely N-dealkylation sites (N-methyl/N-ethyl adjacent to an activating group) is 1. The van der Waals surface area contributed by atoms with Crippen molar-refractivity contribution in [3.05, 3.63) is 0 Å². The average Bonchev–Trinajstić information content (AvgIpc) is 2.99. The van der Waals surface area contributed by atoms with Gasteiger partial charge in [0.1, 0.15) is 0 Å². The zero-order chi connectivity index (χ0) is 10.8. The van der Waals surface area contributed by atoms with Gasteiger partial charge in [-0.2, -0.15) is 0 Å². The Hall–Kier alpha value is -0.610. The Kier molecular flexibility index (Phi) is 3.26. The number of rotatable bonds is 4. The normalized spacial score (nSPS) is 26.9. The summed E-state index contributed by atoms with van der Waals surface area (Å²) in [4.78, 5) is 15.8. The second kappa shape index (κ2) is 4.49. The lowest BCUT2D eigenvalue weighted by Gasteiger charge is -2.25. The summed E-state index contributed by atoms with van der Waals surface area (Å²) in [6.45, 7) is 1.62. The molecule has 4 heteroatoms. The second-order valence-corrected chi connectivity index (χ2v) is 4.68. The predicted octanol–water partition coefficient (Wildman–Crippen LogP) is 0.0639. The molecule has 2 fully saturated rings. The lowest BCUT2D eigenvalue weighted by molar-refractivity contribution is -0.132. The highest BCUT2D eigenvalue weighted by atomic mass is 16.3. The van der Waals surface area contributed by atoms with E-state index in [2.05, 4.69) is 4.90 Å². The largest absolute Gasteiger partial charge is 0.395 e. The third kappa shape index (κ3) is 2.49. The molecule has 1 unspecified atom stereocenters. The number of likely N-dealkylation sites (tertiary alicyclic amines) is 1. The molecule has 0 radical (unpaired) electrons. The van der Waals surface area contributed by atoms with Crippen molar-refractivity contribution in [1.82, 2.24) is 9.80 Å². The predicted molar refractivity (Wildman–Crippen MR) is 57.5 cm³/mol. The standard InChI is InChI=1S/C11H20N2O2/c1-12(9-4-5-9)11(15)7-13-6-2-3-10(13)8-14/h9-10,14H,2-8H2,1H3. The van der Waals surface area contributed by atoms with Gasteiger partial charge in [-0.25, -0.2) is 0 Å². The van der Waals surface area contributed by atoms with Gasteiger partial charge in [0.05, 0.1) is 13.2 Å². The second-order valence-electron chi connectivity index (χ2n) is 4.68. The van der Waals surface area contributed by atoms with Crippen LogP contribution in [-0.4, -0.2) is 59.6 Å². The Balaban J connectivity index is 1.82. The van der Waals surface area contributed by atoms with Gasteiger partial charge in [-0.05, 0) is 32.2 Å². The Morgan fingerprint density at radius 3 is 2.80 bits per heavy atom. The summed E-state index contributed by atoms with van der Waals surface area (Å²) in [6.07, 6.45) is 4.44. The number of nitrogens with zero attached hydrogens (tertiary/aromatic N) is 2. The SMILES string of the molecule is CN(C(=O)CN1CCCC1CO)C1CC1. The molecular weight excluding hydrogens is 192 g/mol. The highest BCUT2D eigenvalue weighted by molar-refractivity contribution is 5.78. The first-order valence-electron chi connectivity index (χ1n) is 5.83. The van der Waals surface area contributed by atoms with E-state index in [9.17, 15) is 4.79 Å². The van der Waals surface area contributed by atoms with Crippen LogP contribution in [0.3, 0.4) is 0 Å². The lowest BCUT2D eigenvalue weighted by atomic mass is 10.2. The molecule has 1 saturated heterocycles. The molecule has 2 aliphatic rings. The van der Waals surface area contributed by atoms with E-state index in [1.807, 2.05) is 11.9 Å². The van der Waals surface area contributed by atoms with Gasteiger partial charge in [-0.15, -0.1) is 0 Å². The fourth-order valence-electron chi connectivity index (χ4n) is 2.26. The molecule has 0 bridgehead atoms. The molecule has 0 aromatic carbocycles. The molecule has 1 heterocycles. The van der Waals surface area contributed by atoms with Crippen LogP contribution in [0.1, 0.15) is 25.7 Å². The van der Waals surface area contributed by atoms with Crippen LogP contribution in [0.15, 0.2) is 0 Å². The number of hydrogen-bond donors (Lipinski definition) is 1. The van der Waals surface area contributed by atoms with Crippen LogP contribution >= 0.6 is 0 Å². The van der Waals surface area contributed by atoms with Crippen LogP contribution in [0.2, 0.25) is 0 Å². The minimum absolute atomic E-state index is 0.181. The third-order valence-electron chi connectivity index (χ3n) is 3.54. The fraction of sp³-hybridized carbons (Fsp3) is 0.909. The van der Waals surface area contributed by atoms with E-state index in [0.717, 1.165) is 32.2 Å². The number of amides is 1. The summed E-state index contributed by atoms with van der Waals surface area (Å²) < 4.78 is 0. The minimum Gasteiger partial charge on any atom is -0.395 e. The Morgan fingerprint density at radius 1 is 1.47 bits per heavy atom. The summed E-state index contributed by atoms with van der Waals surface area (Å²) in [6, 6.07) is 0.703. The molecule has 0 aromatic rings. The van der Waals surface area contributed by atoms with Crippen LogP contribution < -0.4 is 0 Å². The molecule has 15 heavy (non-hydrogen) atoms. The van der Waals surface area contributed by atoms with Gasteiger partial charge in [0.25, 0.3) is 0 Å². The summed E-state index contributed by atoms with van der Waals surface area (Å²) in [5, 5.41) is 9.14. The van der Waals surface area contributed by atoms with Crippen molar-refractivity contribution in [2.45, 2.75) is 37.8 Å². The third-order valence-corrected chi connectivity index (χ3v) is 3.54. The summed E-state index contributed by atoms with van der Waals surface area (Å²) in [5.74, 6) is 0.206. The maximum Gasteiger partial charge on any atom is 0.236 e. The van der Waals surface area contributed by atoms with Crippen molar-refractivity contribution in [1.29, 1.82) is 0 Å². The molecule has 86 valence electrons. The van der Waals surface area contributed by atoms with Crippen LogP contribution in [0.4, 0.5) is 0 Å². The van der Waals surface area contributed by atoms with Crippen LogP contribution in [0, 0.1) is 0 Å². The minimum atomic E-state index is 0.181. The lowest BCUT2D eigenvalue weighted by Crippen LogP contribution is -2.42. The van der Waals surface area contributed by atoms with Crippen molar-refractivity contribution in [3.8, 4) is 0 Å². The number of carbonyl (C=O) groups is 1. The molecule has 1 aliphatic heterocycles. The molecule has 1 atom stereocenters. The number of aliphatic hydroxyl groups excluding tert-OH is 1. The van der Waals surface area contributed by atoms with Crippen LogP contribution in [-0.2, 0) is 4.79 Å². The first-order valence-corrected chi connectivity index (χ1v) is 5.83. The van der Waals surface area contributed by atoms with Crippen molar-refractivity contribution < 1.29 is 9.90 Å². The molecule has 1 saturated carbocycles. The van der Waals surface area contributed by atoms with Gasteiger partial charge in [0.15, 0.2) is 0 Å². The van der Waals surface area contributed by atoms with Crippen LogP contribution in [0.5, 0.6) is 0 Å². The van der Waals surface area contributed by atoms with Gasteiger partial charge in [0.2, 0.25) is 5.91 Å². The van der Waals surface area contributed by atoms with Gasteiger partial charge >= 0.3 is 0 Å². The molecule has 0 spiro atoms. The Morgan fingerprint density at radius 2 is 2.20 bits per heavy atom. The van der Waals surface area contributed by atoms with Gasteiger partial charge < -0.3 is 10.0 Å². The molecular formula is C11H20N2O2. The number of aliphatic hydroxyl groups is 1. The maximum atomic E-state index is 11.8. The zero-order valence-electron chi connectivity index (χ0n) is 9.35. The Labute approximate surface area is 90.9 Å². The Bertz CT molecular complexity index is 241. The van der Waals surface area contributed by atoms with Gasteiger partial charge in [-0.3, -0.25) is 9.69 Å². The maximum absolute atomic E-state index is 11.8. The van der Waals surface area contributed by atoms with Crippen molar-refractivity contribution in [2.75, 3.05) is 26.7 Å². The quantitative estimate of drug-likeness (QED) is 0.717. The van der Waals surface area contributed by atoms with E-state index >= 15 is 0 Å². The van der Waals surface area contributed by atoms with Crippen molar-refractivity contribution >= 4 is 5.91 Å². The van der Waals surface area contributed by atoms with E-state index < -0.39 is 0 Å². The molecule has 1 amide bonds. The average molecular weight is 212 g/mol. The molecule has 4 nitrogen and oxygen atoms in total. The van der Waals surface area contributed by atoms with E-state index in [1.54, 1.807) is 0 Å². The monoisotopic (exact) mass is 212 g/mol.